The molecule has 1 heterocycles. The van der Waals surface area contributed by atoms with Crippen molar-refractivity contribution >= 4 is 5.69 Å². The van der Waals surface area contributed by atoms with Crippen molar-refractivity contribution in [2.75, 3.05) is 31.1 Å². The van der Waals surface area contributed by atoms with Crippen LogP contribution in [0.25, 0.3) is 0 Å². The summed E-state index contributed by atoms with van der Waals surface area (Å²) in [5, 5.41) is 9.29. The summed E-state index contributed by atoms with van der Waals surface area (Å²) in [7, 11) is 0. The number of benzene rings is 2. The van der Waals surface area contributed by atoms with Gasteiger partial charge in [0.15, 0.2) is 0 Å². The molecule has 4 nitrogen and oxygen atoms in total. The zero-order chi connectivity index (χ0) is 18.6. The maximum absolute atomic E-state index is 9.29. The number of hydrogen-bond acceptors (Lipinski definition) is 4. The SMILES string of the molecule is CC(C)(C)Oc1ccc(CN2CCN(c3ccccc3C#N)CC2)cc1. The van der Waals surface area contributed by atoms with E-state index in [1.54, 1.807) is 0 Å². The molecule has 2 aromatic carbocycles. The van der Waals surface area contributed by atoms with Crippen LogP contribution < -0.4 is 9.64 Å². The first-order valence-corrected chi connectivity index (χ1v) is 9.19. The van der Waals surface area contributed by atoms with Gasteiger partial charge in [-0.3, -0.25) is 4.90 Å². The third-order valence-corrected chi connectivity index (χ3v) is 4.49. The Bertz CT molecular complexity index is 763. The van der Waals surface area contributed by atoms with Gasteiger partial charge in [0.25, 0.3) is 0 Å². The molecule has 0 aliphatic carbocycles. The third-order valence-electron chi connectivity index (χ3n) is 4.49. The first kappa shape index (κ1) is 18.3. The standard InChI is InChI=1S/C22H27N3O/c1-22(2,3)26-20-10-8-18(9-11-20)17-24-12-14-25(15-13-24)21-7-5-4-6-19(21)16-23/h4-11H,12-15,17H2,1-3H3. The van der Waals surface area contributed by atoms with Crippen molar-refractivity contribution in [3.05, 3.63) is 59.7 Å². The first-order valence-electron chi connectivity index (χ1n) is 9.19. The number of ether oxygens (including phenoxy) is 1. The molecule has 0 spiro atoms. The summed E-state index contributed by atoms with van der Waals surface area (Å²) in [5.41, 5.74) is 2.95. The average Bonchev–Trinajstić information content (AvgIpc) is 2.63. The molecular weight excluding hydrogens is 322 g/mol. The van der Waals surface area contributed by atoms with Gasteiger partial charge in [0, 0.05) is 32.7 Å². The number of para-hydroxylation sites is 1. The van der Waals surface area contributed by atoms with Gasteiger partial charge in [-0.1, -0.05) is 24.3 Å². The van der Waals surface area contributed by atoms with Crippen LogP contribution in [0.2, 0.25) is 0 Å². The molecule has 0 aromatic heterocycles. The molecule has 0 saturated carbocycles. The number of piperazine rings is 1. The fourth-order valence-electron chi connectivity index (χ4n) is 3.27. The van der Waals surface area contributed by atoms with Crippen molar-refractivity contribution < 1.29 is 4.74 Å². The summed E-state index contributed by atoms with van der Waals surface area (Å²) in [4.78, 5) is 4.78. The fourth-order valence-corrected chi connectivity index (χ4v) is 3.27. The van der Waals surface area contributed by atoms with E-state index in [2.05, 4.69) is 60.9 Å². The minimum atomic E-state index is -0.169. The number of nitrogens with zero attached hydrogens (tertiary/aromatic N) is 3. The predicted octanol–water partition coefficient (Wildman–Crippen LogP) is 4.06. The van der Waals surface area contributed by atoms with Crippen molar-refractivity contribution in [3.63, 3.8) is 0 Å². The van der Waals surface area contributed by atoms with Crippen LogP contribution in [0, 0.1) is 11.3 Å². The molecule has 2 aromatic rings. The molecule has 3 rings (SSSR count). The van der Waals surface area contributed by atoms with Crippen LogP contribution >= 0.6 is 0 Å². The summed E-state index contributed by atoms with van der Waals surface area (Å²) in [6.45, 7) is 11.0. The summed E-state index contributed by atoms with van der Waals surface area (Å²) in [6.07, 6.45) is 0. The van der Waals surface area contributed by atoms with Gasteiger partial charge in [0.05, 0.1) is 11.3 Å². The molecular formula is C22H27N3O. The van der Waals surface area contributed by atoms with Crippen molar-refractivity contribution in [2.24, 2.45) is 0 Å². The first-order chi connectivity index (χ1) is 12.4. The monoisotopic (exact) mass is 349 g/mol. The van der Waals surface area contributed by atoms with Crippen LogP contribution in [0.4, 0.5) is 5.69 Å². The Kier molecular flexibility index (Phi) is 5.49. The number of hydrogen-bond donors (Lipinski definition) is 0. The van der Waals surface area contributed by atoms with Crippen molar-refractivity contribution in [1.29, 1.82) is 5.26 Å². The summed E-state index contributed by atoms with van der Waals surface area (Å²) in [5.74, 6) is 0.916. The fraction of sp³-hybridized carbons (Fsp3) is 0.409. The summed E-state index contributed by atoms with van der Waals surface area (Å²) in [6, 6.07) is 18.6. The molecule has 0 radical (unpaired) electrons. The highest BCUT2D eigenvalue weighted by Gasteiger charge is 2.19. The highest BCUT2D eigenvalue weighted by atomic mass is 16.5. The van der Waals surface area contributed by atoms with Gasteiger partial charge in [-0.15, -0.1) is 0 Å². The van der Waals surface area contributed by atoms with Crippen LogP contribution in [0.1, 0.15) is 31.9 Å². The molecule has 0 N–H and O–H groups in total. The Morgan fingerprint density at radius 3 is 2.23 bits per heavy atom. The van der Waals surface area contributed by atoms with E-state index in [-0.39, 0.29) is 5.60 Å². The molecule has 4 heteroatoms. The van der Waals surface area contributed by atoms with E-state index in [4.69, 9.17) is 4.74 Å². The topological polar surface area (TPSA) is 39.5 Å². The molecule has 1 saturated heterocycles. The van der Waals surface area contributed by atoms with Gasteiger partial charge in [-0.2, -0.15) is 5.26 Å². The Labute approximate surface area is 156 Å². The van der Waals surface area contributed by atoms with E-state index < -0.39 is 0 Å². The molecule has 1 aliphatic rings. The highest BCUT2D eigenvalue weighted by molar-refractivity contribution is 5.59. The van der Waals surface area contributed by atoms with Crippen LogP contribution in [0.3, 0.4) is 0 Å². The largest absolute Gasteiger partial charge is 0.488 e. The van der Waals surface area contributed by atoms with Gasteiger partial charge in [-0.25, -0.2) is 0 Å². The van der Waals surface area contributed by atoms with Crippen molar-refractivity contribution in [1.82, 2.24) is 4.90 Å². The molecule has 0 unspecified atom stereocenters. The third kappa shape index (κ3) is 4.77. The Morgan fingerprint density at radius 2 is 1.62 bits per heavy atom. The Hall–Kier alpha value is -2.51. The Morgan fingerprint density at radius 1 is 0.962 bits per heavy atom. The van der Waals surface area contributed by atoms with Gasteiger partial charge in [0.2, 0.25) is 0 Å². The number of nitriles is 1. The molecule has 1 fully saturated rings. The molecule has 136 valence electrons. The smallest absolute Gasteiger partial charge is 0.120 e. The second kappa shape index (κ2) is 7.80. The van der Waals surface area contributed by atoms with Crippen LogP contribution in [-0.2, 0) is 6.54 Å². The van der Waals surface area contributed by atoms with Crippen molar-refractivity contribution in [3.8, 4) is 11.8 Å². The number of rotatable bonds is 4. The van der Waals surface area contributed by atoms with Gasteiger partial charge in [-0.05, 0) is 50.6 Å². The molecule has 0 bridgehead atoms. The van der Waals surface area contributed by atoms with E-state index >= 15 is 0 Å². The molecule has 1 aliphatic heterocycles. The highest BCUT2D eigenvalue weighted by Crippen LogP contribution is 2.22. The van der Waals surface area contributed by atoms with E-state index in [0.29, 0.717) is 0 Å². The molecule has 26 heavy (non-hydrogen) atoms. The Balaban J connectivity index is 1.55. The van der Waals surface area contributed by atoms with E-state index in [1.807, 2.05) is 24.3 Å². The lowest BCUT2D eigenvalue weighted by atomic mass is 10.1. The minimum Gasteiger partial charge on any atom is -0.488 e. The minimum absolute atomic E-state index is 0.169. The zero-order valence-corrected chi connectivity index (χ0v) is 15.9. The average molecular weight is 349 g/mol. The summed E-state index contributed by atoms with van der Waals surface area (Å²) < 4.78 is 5.88. The van der Waals surface area contributed by atoms with Crippen LogP contribution in [-0.4, -0.2) is 36.7 Å². The van der Waals surface area contributed by atoms with Gasteiger partial charge >= 0.3 is 0 Å². The quantitative estimate of drug-likeness (QED) is 0.834. The lowest BCUT2D eigenvalue weighted by Gasteiger charge is -2.36. The lowest BCUT2D eigenvalue weighted by molar-refractivity contribution is 0.131. The van der Waals surface area contributed by atoms with E-state index in [0.717, 1.165) is 49.7 Å². The van der Waals surface area contributed by atoms with Crippen molar-refractivity contribution in [2.45, 2.75) is 32.9 Å². The van der Waals surface area contributed by atoms with E-state index in [1.165, 1.54) is 5.56 Å². The second-order valence-electron chi connectivity index (χ2n) is 7.75. The lowest BCUT2D eigenvalue weighted by Crippen LogP contribution is -2.46. The maximum Gasteiger partial charge on any atom is 0.120 e. The molecule has 0 atom stereocenters. The van der Waals surface area contributed by atoms with Gasteiger partial charge < -0.3 is 9.64 Å². The van der Waals surface area contributed by atoms with E-state index in [9.17, 15) is 5.26 Å². The summed E-state index contributed by atoms with van der Waals surface area (Å²) >= 11 is 0. The van der Waals surface area contributed by atoms with Crippen LogP contribution in [0.5, 0.6) is 5.75 Å². The number of anilines is 1. The van der Waals surface area contributed by atoms with Gasteiger partial charge in [0.1, 0.15) is 17.4 Å². The zero-order valence-electron chi connectivity index (χ0n) is 15.9. The predicted molar refractivity (Wildman–Crippen MR) is 105 cm³/mol. The maximum atomic E-state index is 9.29. The second-order valence-corrected chi connectivity index (χ2v) is 7.75. The normalized spacial score (nSPS) is 15.5. The molecule has 0 amide bonds. The van der Waals surface area contributed by atoms with Crippen LogP contribution in [0.15, 0.2) is 48.5 Å².